The van der Waals surface area contributed by atoms with Crippen LogP contribution in [0.25, 0.3) is 0 Å². The maximum absolute atomic E-state index is 12.1. The molecule has 2 heterocycles. The van der Waals surface area contributed by atoms with Gasteiger partial charge in [-0.25, -0.2) is 18.4 Å². The molecule has 21 heavy (non-hydrogen) atoms. The normalized spacial score (nSPS) is 23.9. The molecule has 1 unspecified atom stereocenters. The Kier molecular flexibility index (Phi) is 4.72. The fraction of sp³-hybridized carbons (Fsp3) is 0.833. The van der Waals surface area contributed by atoms with Crippen molar-refractivity contribution in [3.8, 4) is 0 Å². The lowest BCUT2D eigenvalue weighted by Gasteiger charge is -2.40. The largest absolute Gasteiger partial charge is 0.341 e. The van der Waals surface area contributed by atoms with Crippen LogP contribution in [0.2, 0.25) is 0 Å². The minimum atomic E-state index is -3.50. The SMILES string of the molecule is CCN1CCCC(NC(=O)N2CC(CS(N)(=O)=O)C2)C1=O. The van der Waals surface area contributed by atoms with Gasteiger partial charge in [0.15, 0.2) is 0 Å². The first-order valence-electron chi connectivity index (χ1n) is 7.15. The predicted molar refractivity (Wildman–Crippen MR) is 76.8 cm³/mol. The molecule has 3 N–H and O–H groups in total. The molecule has 0 aromatic rings. The van der Waals surface area contributed by atoms with Crippen LogP contribution in [0.3, 0.4) is 0 Å². The second-order valence-corrected chi connectivity index (χ2v) is 7.32. The van der Waals surface area contributed by atoms with Crippen molar-refractivity contribution in [2.24, 2.45) is 11.1 Å². The average molecular weight is 318 g/mol. The monoisotopic (exact) mass is 318 g/mol. The Bertz CT molecular complexity index is 515. The number of primary sulfonamides is 1. The zero-order valence-electron chi connectivity index (χ0n) is 12.1. The van der Waals surface area contributed by atoms with E-state index in [0.717, 1.165) is 13.0 Å². The first kappa shape index (κ1) is 16.0. The van der Waals surface area contributed by atoms with Crippen molar-refractivity contribution in [2.75, 3.05) is 31.9 Å². The van der Waals surface area contributed by atoms with Gasteiger partial charge >= 0.3 is 6.03 Å². The summed E-state index contributed by atoms with van der Waals surface area (Å²) in [5.41, 5.74) is 0. The van der Waals surface area contributed by atoms with Crippen LogP contribution in [0.4, 0.5) is 4.79 Å². The number of amides is 3. The summed E-state index contributed by atoms with van der Waals surface area (Å²) in [4.78, 5) is 27.3. The molecule has 9 heteroatoms. The van der Waals surface area contributed by atoms with Gasteiger partial charge < -0.3 is 15.1 Å². The van der Waals surface area contributed by atoms with Crippen LogP contribution in [0.5, 0.6) is 0 Å². The lowest BCUT2D eigenvalue weighted by atomic mass is 10.0. The highest BCUT2D eigenvalue weighted by atomic mass is 32.2. The van der Waals surface area contributed by atoms with Gasteiger partial charge in [-0.3, -0.25) is 4.79 Å². The number of rotatable bonds is 4. The highest BCUT2D eigenvalue weighted by Gasteiger charge is 2.36. The Hall–Kier alpha value is -1.35. The Morgan fingerprint density at radius 3 is 2.67 bits per heavy atom. The minimum Gasteiger partial charge on any atom is -0.341 e. The van der Waals surface area contributed by atoms with E-state index in [2.05, 4.69) is 5.32 Å². The van der Waals surface area contributed by atoms with E-state index in [1.807, 2.05) is 6.92 Å². The van der Waals surface area contributed by atoms with Crippen LogP contribution in [0, 0.1) is 5.92 Å². The first-order valence-corrected chi connectivity index (χ1v) is 8.86. The molecule has 2 aliphatic rings. The number of piperidine rings is 1. The lowest BCUT2D eigenvalue weighted by Crippen LogP contribution is -2.60. The molecule has 2 aliphatic heterocycles. The minimum absolute atomic E-state index is 0.0429. The summed E-state index contributed by atoms with van der Waals surface area (Å²) >= 11 is 0. The number of likely N-dealkylation sites (N-methyl/N-ethyl adjacent to an activating group) is 1. The average Bonchev–Trinajstić information content (AvgIpc) is 2.34. The topological polar surface area (TPSA) is 113 Å². The summed E-state index contributed by atoms with van der Waals surface area (Å²) in [6, 6.07) is -0.777. The molecular formula is C12H22N4O4S. The number of likely N-dealkylation sites (tertiary alicyclic amines) is 2. The third kappa shape index (κ3) is 4.07. The molecule has 8 nitrogen and oxygen atoms in total. The van der Waals surface area contributed by atoms with E-state index in [-0.39, 0.29) is 23.6 Å². The van der Waals surface area contributed by atoms with Gasteiger partial charge in [0.05, 0.1) is 5.75 Å². The van der Waals surface area contributed by atoms with Crippen LogP contribution < -0.4 is 10.5 Å². The number of hydrogen-bond donors (Lipinski definition) is 2. The maximum atomic E-state index is 12.1. The Morgan fingerprint density at radius 1 is 1.43 bits per heavy atom. The van der Waals surface area contributed by atoms with E-state index < -0.39 is 16.1 Å². The van der Waals surface area contributed by atoms with Crippen molar-refractivity contribution in [2.45, 2.75) is 25.8 Å². The van der Waals surface area contributed by atoms with Gasteiger partial charge in [-0.1, -0.05) is 0 Å². The molecule has 0 saturated carbocycles. The van der Waals surface area contributed by atoms with Crippen LogP contribution in [0.1, 0.15) is 19.8 Å². The third-order valence-electron chi connectivity index (χ3n) is 3.92. The molecule has 0 bridgehead atoms. The van der Waals surface area contributed by atoms with Crippen LogP contribution >= 0.6 is 0 Å². The van der Waals surface area contributed by atoms with Crippen LogP contribution in [-0.4, -0.2) is 68.1 Å². The molecule has 0 aromatic carbocycles. The molecule has 1 atom stereocenters. The van der Waals surface area contributed by atoms with Crippen molar-refractivity contribution in [1.82, 2.24) is 15.1 Å². The first-order chi connectivity index (χ1) is 9.80. The quantitative estimate of drug-likeness (QED) is 0.687. The molecular weight excluding hydrogens is 296 g/mol. The molecule has 120 valence electrons. The number of sulfonamides is 1. The van der Waals surface area contributed by atoms with Gasteiger partial charge in [-0.15, -0.1) is 0 Å². The van der Waals surface area contributed by atoms with Crippen molar-refractivity contribution in [3.05, 3.63) is 0 Å². The van der Waals surface area contributed by atoms with E-state index in [1.54, 1.807) is 4.90 Å². The fourth-order valence-electron chi connectivity index (χ4n) is 2.80. The molecule has 0 aromatic heterocycles. The number of nitrogens with two attached hydrogens (primary N) is 1. The van der Waals surface area contributed by atoms with Crippen molar-refractivity contribution in [1.29, 1.82) is 0 Å². The molecule has 3 amide bonds. The van der Waals surface area contributed by atoms with E-state index in [4.69, 9.17) is 5.14 Å². The molecule has 0 aliphatic carbocycles. The van der Waals surface area contributed by atoms with Gasteiger partial charge in [-0.2, -0.15) is 0 Å². The standard InChI is InChI=1S/C12H22N4O4S/c1-2-15-5-3-4-10(11(15)17)14-12(18)16-6-9(7-16)8-21(13,19)20/h9-10H,2-8H2,1H3,(H,14,18)(H2,13,19,20). The predicted octanol–water partition coefficient (Wildman–Crippen LogP) is -1.07. The maximum Gasteiger partial charge on any atom is 0.318 e. The summed E-state index contributed by atoms with van der Waals surface area (Å²) in [5, 5.41) is 7.70. The second kappa shape index (κ2) is 6.18. The Balaban J connectivity index is 1.79. The number of nitrogens with zero attached hydrogens (tertiary/aromatic N) is 2. The summed E-state index contributed by atoms with van der Waals surface area (Å²) in [7, 11) is -3.50. The fourth-order valence-corrected chi connectivity index (χ4v) is 3.67. The van der Waals surface area contributed by atoms with E-state index in [0.29, 0.717) is 26.1 Å². The lowest BCUT2D eigenvalue weighted by molar-refractivity contribution is -0.135. The molecule has 2 saturated heterocycles. The van der Waals surface area contributed by atoms with Crippen molar-refractivity contribution < 1.29 is 18.0 Å². The van der Waals surface area contributed by atoms with E-state index >= 15 is 0 Å². The number of urea groups is 1. The summed E-state index contributed by atoms with van der Waals surface area (Å²) < 4.78 is 21.9. The zero-order chi connectivity index (χ0) is 15.6. The Morgan fingerprint density at radius 2 is 2.10 bits per heavy atom. The van der Waals surface area contributed by atoms with Gasteiger partial charge in [0.25, 0.3) is 0 Å². The summed E-state index contributed by atoms with van der Waals surface area (Å²) in [5.74, 6) is -0.262. The summed E-state index contributed by atoms with van der Waals surface area (Å²) in [6.07, 6.45) is 1.52. The highest BCUT2D eigenvalue weighted by molar-refractivity contribution is 7.89. The van der Waals surface area contributed by atoms with Crippen LogP contribution in [0.15, 0.2) is 0 Å². The number of carbonyl (C=O) groups is 2. The van der Waals surface area contributed by atoms with Crippen molar-refractivity contribution >= 4 is 22.0 Å². The van der Waals surface area contributed by atoms with Gasteiger partial charge in [-0.05, 0) is 19.8 Å². The Labute approximate surface area is 124 Å². The van der Waals surface area contributed by atoms with E-state index in [9.17, 15) is 18.0 Å². The highest BCUT2D eigenvalue weighted by Crippen LogP contribution is 2.18. The van der Waals surface area contributed by atoms with Crippen molar-refractivity contribution in [3.63, 3.8) is 0 Å². The zero-order valence-corrected chi connectivity index (χ0v) is 12.9. The number of hydrogen-bond acceptors (Lipinski definition) is 4. The molecule has 2 fully saturated rings. The van der Waals surface area contributed by atoms with Gasteiger partial charge in [0.2, 0.25) is 15.9 Å². The van der Waals surface area contributed by atoms with E-state index in [1.165, 1.54) is 4.90 Å². The van der Waals surface area contributed by atoms with Gasteiger partial charge in [0.1, 0.15) is 6.04 Å². The number of nitrogens with one attached hydrogen (secondary N) is 1. The molecule has 2 rings (SSSR count). The smallest absolute Gasteiger partial charge is 0.318 e. The van der Waals surface area contributed by atoms with Crippen LogP contribution in [-0.2, 0) is 14.8 Å². The molecule has 0 spiro atoms. The summed E-state index contributed by atoms with van der Waals surface area (Å²) in [6.45, 7) is 4.02. The number of carbonyl (C=O) groups excluding carboxylic acids is 2. The van der Waals surface area contributed by atoms with Gasteiger partial charge in [0, 0.05) is 32.1 Å². The third-order valence-corrected chi connectivity index (χ3v) is 4.86. The molecule has 0 radical (unpaired) electrons. The second-order valence-electron chi connectivity index (χ2n) is 5.66.